The van der Waals surface area contributed by atoms with Crippen molar-refractivity contribution in [3.63, 3.8) is 0 Å². The summed E-state index contributed by atoms with van der Waals surface area (Å²) in [6, 6.07) is 0. The number of unbranched alkanes of at least 4 members (excludes halogenated alkanes) is 1. The molecular formula is C7H16BN2O2P. The summed E-state index contributed by atoms with van der Waals surface area (Å²) in [6.45, 7) is 2.06. The molecule has 0 fully saturated rings. The van der Waals surface area contributed by atoms with E-state index in [9.17, 15) is 4.79 Å². The number of aliphatic hydroxyl groups excluding tert-OH is 1. The number of rotatable bonds is 6. The van der Waals surface area contributed by atoms with Crippen LogP contribution >= 0.6 is 9.39 Å². The van der Waals surface area contributed by atoms with Gasteiger partial charge in [-0.05, 0) is 0 Å². The van der Waals surface area contributed by atoms with E-state index in [2.05, 4.69) is 19.3 Å². The third kappa shape index (κ3) is 6.85. The van der Waals surface area contributed by atoms with E-state index in [1.165, 1.54) is 7.21 Å². The molecule has 0 bridgehead atoms. The van der Waals surface area contributed by atoms with Crippen molar-refractivity contribution in [2.75, 3.05) is 6.61 Å². The first-order valence-corrected chi connectivity index (χ1v) is 4.87. The molecule has 0 rings (SSSR count). The van der Waals surface area contributed by atoms with Crippen LogP contribution in [0.15, 0.2) is 4.67 Å². The van der Waals surface area contributed by atoms with Gasteiger partial charge >= 0.3 is 81.0 Å². The summed E-state index contributed by atoms with van der Waals surface area (Å²) in [7, 11) is 3.50. The Kier molecular flexibility index (Phi) is 8.15. The quantitative estimate of drug-likeness (QED) is 0.374. The molecule has 0 aromatic heterocycles. The minimum absolute atomic E-state index is 0.0189. The molecule has 13 heavy (non-hydrogen) atoms. The number of hydrogen-bond donors (Lipinski definition) is 2. The fourth-order valence-electron chi connectivity index (χ4n) is 0.937. The van der Waals surface area contributed by atoms with Gasteiger partial charge in [-0.2, -0.15) is 0 Å². The molecule has 0 aliphatic carbocycles. The minimum atomic E-state index is -0.0239. The zero-order valence-electron chi connectivity index (χ0n) is 7.86. The molecule has 0 aromatic carbocycles. The van der Waals surface area contributed by atoms with Gasteiger partial charge in [-0.3, -0.25) is 0 Å². The van der Waals surface area contributed by atoms with E-state index in [0.717, 1.165) is 19.3 Å². The van der Waals surface area contributed by atoms with Crippen molar-refractivity contribution in [3.8, 4) is 0 Å². The van der Waals surface area contributed by atoms with Crippen LogP contribution in [0.4, 0.5) is 0 Å². The monoisotopic (exact) mass is 202 g/mol. The molecule has 0 saturated heterocycles. The average Bonchev–Trinajstić information content (AvgIpc) is 2.14. The van der Waals surface area contributed by atoms with Gasteiger partial charge in [-0.15, -0.1) is 0 Å². The van der Waals surface area contributed by atoms with Crippen LogP contribution in [0.1, 0.15) is 26.2 Å². The standard InChI is InChI=1S/C7H16BN2O2P/c1-6(4-2-3-5-11)7(12)9-8-10-13/h6,11H,2-5,13H2,1H3,(H,9,12). The molecule has 2 unspecified atom stereocenters. The molecule has 0 aliphatic rings. The molecule has 0 heterocycles. The van der Waals surface area contributed by atoms with E-state index in [1.807, 2.05) is 6.92 Å². The van der Waals surface area contributed by atoms with Gasteiger partial charge in [0.25, 0.3) is 0 Å². The predicted octanol–water partition coefficient (Wildman–Crippen LogP) is 0.494. The fraction of sp³-hybridized carbons (Fsp3) is 0.857. The van der Waals surface area contributed by atoms with E-state index in [1.54, 1.807) is 0 Å². The zero-order valence-corrected chi connectivity index (χ0v) is 9.02. The summed E-state index contributed by atoms with van der Waals surface area (Å²) in [5, 5.41) is 11.1. The van der Waals surface area contributed by atoms with Crippen LogP contribution in [0, 0.1) is 5.92 Å². The van der Waals surface area contributed by atoms with E-state index in [4.69, 9.17) is 5.11 Å². The van der Waals surface area contributed by atoms with E-state index >= 15 is 0 Å². The predicted molar refractivity (Wildman–Crippen MR) is 56.1 cm³/mol. The summed E-state index contributed by atoms with van der Waals surface area (Å²) >= 11 is 0. The molecule has 1 amide bonds. The van der Waals surface area contributed by atoms with Gasteiger partial charge in [0.2, 0.25) is 0 Å². The summed E-state index contributed by atoms with van der Waals surface area (Å²) in [5.41, 5.74) is 0. The van der Waals surface area contributed by atoms with Crippen molar-refractivity contribution < 1.29 is 9.90 Å². The summed E-state index contributed by atoms with van der Waals surface area (Å²) in [6.07, 6.45) is 2.44. The third-order valence-corrected chi connectivity index (χ3v) is 1.92. The van der Waals surface area contributed by atoms with Gasteiger partial charge in [0.1, 0.15) is 0 Å². The number of amides is 1. The second-order valence-electron chi connectivity index (χ2n) is 2.91. The van der Waals surface area contributed by atoms with Gasteiger partial charge in [-0.25, -0.2) is 0 Å². The summed E-state index contributed by atoms with van der Waals surface area (Å²) in [5.74, 6) is -0.0429. The Labute approximate surface area is 81.7 Å². The Morgan fingerprint density at radius 1 is 1.69 bits per heavy atom. The molecule has 2 N–H and O–H groups in total. The topological polar surface area (TPSA) is 61.7 Å². The van der Waals surface area contributed by atoms with Crippen LogP contribution in [0.2, 0.25) is 0 Å². The van der Waals surface area contributed by atoms with Crippen LogP contribution in [0.3, 0.4) is 0 Å². The second-order valence-corrected chi connectivity index (χ2v) is 3.21. The first-order chi connectivity index (χ1) is 6.22. The van der Waals surface area contributed by atoms with E-state index < -0.39 is 0 Å². The van der Waals surface area contributed by atoms with Crippen molar-refractivity contribution in [1.29, 1.82) is 0 Å². The van der Waals surface area contributed by atoms with Crippen molar-refractivity contribution in [1.82, 2.24) is 5.23 Å². The average molecular weight is 202 g/mol. The maximum absolute atomic E-state index is 11.2. The molecule has 0 aliphatic heterocycles. The van der Waals surface area contributed by atoms with E-state index in [0.29, 0.717) is 0 Å². The molecule has 0 spiro atoms. The van der Waals surface area contributed by atoms with Crippen LogP contribution in [0.25, 0.3) is 0 Å². The van der Waals surface area contributed by atoms with Crippen LogP contribution < -0.4 is 5.23 Å². The second kappa shape index (κ2) is 8.33. The number of hydrogen-bond acceptors (Lipinski definition) is 3. The van der Waals surface area contributed by atoms with Gasteiger partial charge < -0.3 is 0 Å². The molecule has 0 aromatic rings. The first kappa shape index (κ1) is 12.7. The van der Waals surface area contributed by atoms with Crippen LogP contribution in [-0.4, -0.2) is 24.8 Å². The van der Waals surface area contributed by atoms with Crippen LogP contribution in [0.5, 0.6) is 0 Å². The Balaban J connectivity index is 3.56. The van der Waals surface area contributed by atoms with Gasteiger partial charge in [0, 0.05) is 0 Å². The number of nitrogens with zero attached hydrogens (tertiary/aromatic N) is 1. The summed E-state index contributed by atoms with van der Waals surface area (Å²) in [4.78, 5) is 11.2. The Bertz CT molecular complexity index is 178. The molecule has 0 saturated carbocycles. The normalized spacial score (nSPS) is 12.5. The zero-order chi connectivity index (χ0) is 10.1. The third-order valence-electron chi connectivity index (χ3n) is 1.77. The molecule has 2 atom stereocenters. The number of carbonyl (C=O) groups is 1. The molecule has 74 valence electrons. The molecule has 6 heteroatoms. The van der Waals surface area contributed by atoms with Crippen molar-refractivity contribution in [2.24, 2.45) is 10.6 Å². The number of aliphatic hydroxyl groups is 1. The molecule has 0 radical (unpaired) electrons. The maximum atomic E-state index is 11.2. The van der Waals surface area contributed by atoms with Crippen molar-refractivity contribution in [3.05, 3.63) is 0 Å². The van der Waals surface area contributed by atoms with Gasteiger partial charge in [0.15, 0.2) is 0 Å². The summed E-state index contributed by atoms with van der Waals surface area (Å²) < 4.78 is 3.57. The number of carbonyl (C=O) groups excluding carboxylic acids is 1. The fourth-order valence-corrected chi connectivity index (χ4v) is 1.01. The SMILES string of the molecule is CC(CCCCO)C(=O)NB=NP. The molecular weight excluding hydrogens is 186 g/mol. The van der Waals surface area contributed by atoms with Crippen LogP contribution in [-0.2, 0) is 4.79 Å². The Hall–Kier alpha value is -0.275. The van der Waals surface area contributed by atoms with Crippen molar-refractivity contribution in [2.45, 2.75) is 26.2 Å². The molecule has 4 nitrogen and oxygen atoms in total. The van der Waals surface area contributed by atoms with Gasteiger partial charge in [-0.1, -0.05) is 0 Å². The first-order valence-electron chi connectivity index (χ1n) is 4.35. The number of nitrogens with one attached hydrogen (secondary N) is 1. The van der Waals surface area contributed by atoms with Crippen molar-refractivity contribution >= 4 is 22.5 Å². The van der Waals surface area contributed by atoms with Gasteiger partial charge in [0.05, 0.1) is 0 Å². The Morgan fingerprint density at radius 3 is 2.92 bits per heavy atom. The van der Waals surface area contributed by atoms with E-state index in [-0.39, 0.29) is 18.4 Å². The Morgan fingerprint density at radius 2 is 2.38 bits per heavy atom.